The van der Waals surface area contributed by atoms with E-state index in [1.54, 1.807) is 0 Å². The van der Waals surface area contributed by atoms with Gasteiger partial charge in [0.2, 0.25) is 0 Å². The Hall–Kier alpha value is -0.760. The SMILES string of the molecule is CC=CN(C)Cc1cccc(Br)c1. The molecule has 0 radical (unpaired) electrons. The van der Waals surface area contributed by atoms with E-state index in [1.807, 2.05) is 19.1 Å². The van der Waals surface area contributed by atoms with E-state index in [4.69, 9.17) is 0 Å². The molecule has 0 saturated carbocycles. The molecule has 0 heterocycles. The van der Waals surface area contributed by atoms with Crippen LogP contribution in [-0.4, -0.2) is 11.9 Å². The van der Waals surface area contributed by atoms with Crippen LogP contribution in [0.5, 0.6) is 0 Å². The first-order valence-corrected chi connectivity index (χ1v) is 5.09. The Morgan fingerprint density at radius 3 is 2.85 bits per heavy atom. The number of hydrogen-bond donors (Lipinski definition) is 0. The van der Waals surface area contributed by atoms with Crippen LogP contribution < -0.4 is 0 Å². The molecular weight excluding hydrogens is 226 g/mol. The summed E-state index contributed by atoms with van der Waals surface area (Å²) in [6.45, 7) is 2.97. The number of benzene rings is 1. The van der Waals surface area contributed by atoms with Crippen molar-refractivity contribution in [2.45, 2.75) is 13.5 Å². The lowest BCUT2D eigenvalue weighted by molar-refractivity contribution is 0.450. The molecule has 0 fully saturated rings. The molecule has 0 atom stereocenters. The molecule has 70 valence electrons. The van der Waals surface area contributed by atoms with Gasteiger partial charge in [0, 0.05) is 18.1 Å². The molecule has 0 aromatic heterocycles. The molecule has 0 amide bonds. The first-order valence-electron chi connectivity index (χ1n) is 4.30. The topological polar surface area (TPSA) is 3.24 Å². The van der Waals surface area contributed by atoms with Gasteiger partial charge in [-0.1, -0.05) is 34.1 Å². The van der Waals surface area contributed by atoms with Gasteiger partial charge in [-0.05, 0) is 30.8 Å². The maximum absolute atomic E-state index is 3.45. The van der Waals surface area contributed by atoms with Gasteiger partial charge in [0.15, 0.2) is 0 Å². The Balaban J connectivity index is 2.63. The van der Waals surface area contributed by atoms with Gasteiger partial charge in [0.05, 0.1) is 0 Å². The van der Waals surface area contributed by atoms with Crippen molar-refractivity contribution in [1.29, 1.82) is 0 Å². The molecule has 0 saturated heterocycles. The second-order valence-electron chi connectivity index (χ2n) is 3.03. The van der Waals surface area contributed by atoms with Gasteiger partial charge in [-0.15, -0.1) is 0 Å². The van der Waals surface area contributed by atoms with Crippen LogP contribution in [0.1, 0.15) is 12.5 Å². The van der Waals surface area contributed by atoms with Crippen molar-refractivity contribution in [3.05, 3.63) is 46.6 Å². The summed E-state index contributed by atoms with van der Waals surface area (Å²) >= 11 is 3.45. The average Bonchev–Trinajstić information content (AvgIpc) is 2.04. The van der Waals surface area contributed by atoms with E-state index in [9.17, 15) is 0 Å². The van der Waals surface area contributed by atoms with Gasteiger partial charge < -0.3 is 4.90 Å². The largest absolute Gasteiger partial charge is 0.376 e. The van der Waals surface area contributed by atoms with E-state index in [0.29, 0.717) is 0 Å². The standard InChI is InChI=1S/C11H14BrN/c1-3-7-13(2)9-10-5-4-6-11(12)8-10/h3-8H,9H2,1-2H3. The van der Waals surface area contributed by atoms with E-state index in [0.717, 1.165) is 11.0 Å². The zero-order valence-corrected chi connectivity index (χ0v) is 9.58. The third-order valence-electron chi connectivity index (χ3n) is 1.72. The number of halogens is 1. The lowest BCUT2D eigenvalue weighted by Gasteiger charge is -2.13. The highest BCUT2D eigenvalue weighted by Gasteiger charge is 1.95. The summed E-state index contributed by atoms with van der Waals surface area (Å²) in [6.07, 6.45) is 4.11. The summed E-state index contributed by atoms with van der Waals surface area (Å²) in [4.78, 5) is 2.15. The smallest absolute Gasteiger partial charge is 0.0421 e. The number of rotatable bonds is 3. The lowest BCUT2D eigenvalue weighted by Crippen LogP contribution is -2.09. The minimum atomic E-state index is 0.948. The Morgan fingerprint density at radius 1 is 1.46 bits per heavy atom. The van der Waals surface area contributed by atoms with Gasteiger partial charge in [-0.3, -0.25) is 0 Å². The molecule has 13 heavy (non-hydrogen) atoms. The summed E-state index contributed by atoms with van der Waals surface area (Å²) in [5.41, 5.74) is 1.31. The Bertz CT molecular complexity index is 294. The first-order chi connectivity index (χ1) is 6.22. The van der Waals surface area contributed by atoms with Crippen molar-refractivity contribution in [1.82, 2.24) is 4.90 Å². The molecule has 0 N–H and O–H groups in total. The molecule has 0 aliphatic heterocycles. The molecule has 0 unspecified atom stereocenters. The minimum Gasteiger partial charge on any atom is -0.376 e. The fourth-order valence-electron chi connectivity index (χ4n) is 1.23. The maximum atomic E-state index is 3.45. The summed E-state index contributed by atoms with van der Waals surface area (Å²) in [5.74, 6) is 0. The van der Waals surface area contributed by atoms with Crippen LogP contribution in [0.4, 0.5) is 0 Å². The van der Waals surface area contributed by atoms with Crippen LogP contribution in [0, 0.1) is 0 Å². The zero-order chi connectivity index (χ0) is 9.68. The van der Waals surface area contributed by atoms with Crippen molar-refractivity contribution in [2.24, 2.45) is 0 Å². The van der Waals surface area contributed by atoms with Crippen LogP contribution in [0.2, 0.25) is 0 Å². The average molecular weight is 240 g/mol. The van der Waals surface area contributed by atoms with Gasteiger partial charge in [0.25, 0.3) is 0 Å². The first kappa shape index (κ1) is 10.3. The number of allylic oxidation sites excluding steroid dienone is 1. The van der Waals surface area contributed by atoms with Crippen molar-refractivity contribution in [2.75, 3.05) is 7.05 Å². The van der Waals surface area contributed by atoms with E-state index >= 15 is 0 Å². The third kappa shape index (κ3) is 3.64. The second kappa shape index (κ2) is 5.07. The van der Waals surface area contributed by atoms with Crippen LogP contribution in [0.15, 0.2) is 41.0 Å². The molecular formula is C11H14BrN. The third-order valence-corrected chi connectivity index (χ3v) is 2.22. The lowest BCUT2D eigenvalue weighted by atomic mass is 10.2. The fraction of sp³-hybridized carbons (Fsp3) is 0.273. The Morgan fingerprint density at radius 2 is 2.23 bits per heavy atom. The van der Waals surface area contributed by atoms with E-state index in [-0.39, 0.29) is 0 Å². The van der Waals surface area contributed by atoms with Crippen molar-refractivity contribution >= 4 is 15.9 Å². The van der Waals surface area contributed by atoms with Crippen molar-refractivity contribution in [3.8, 4) is 0 Å². The van der Waals surface area contributed by atoms with Crippen LogP contribution in [-0.2, 0) is 6.54 Å². The molecule has 0 aliphatic rings. The van der Waals surface area contributed by atoms with Gasteiger partial charge in [-0.2, -0.15) is 0 Å². The van der Waals surface area contributed by atoms with Crippen LogP contribution in [0.3, 0.4) is 0 Å². The highest BCUT2D eigenvalue weighted by Crippen LogP contribution is 2.12. The predicted molar refractivity (Wildman–Crippen MR) is 60.4 cm³/mol. The summed E-state index contributed by atoms with van der Waals surface area (Å²) < 4.78 is 1.14. The molecule has 1 aromatic carbocycles. The summed E-state index contributed by atoms with van der Waals surface area (Å²) in [5, 5.41) is 0. The molecule has 1 nitrogen and oxygen atoms in total. The summed E-state index contributed by atoms with van der Waals surface area (Å²) in [6, 6.07) is 8.37. The minimum absolute atomic E-state index is 0.948. The Kier molecular flexibility index (Phi) is 4.03. The number of hydrogen-bond acceptors (Lipinski definition) is 1. The zero-order valence-electron chi connectivity index (χ0n) is 8.00. The van der Waals surface area contributed by atoms with Gasteiger partial charge >= 0.3 is 0 Å². The second-order valence-corrected chi connectivity index (χ2v) is 3.94. The van der Waals surface area contributed by atoms with E-state index in [1.165, 1.54) is 5.56 Å². The summed E-state index contributed by atoms with van der Waals surface area (Å²) in [7, 11) is 2.07. The predicted octanol–water partition coefficient (Wildman–Crippen LogP) is 3.41. The molecule has 1 aromatic rings. The molecule has 1 rings (SSSR count). The van der Waals surface area contributed by atoms with Gasteiger partial charge in [0.1, 0.15) is 0 Å². The van der Waals surface area contributed by atoms with E-state index < -0.39 is 0 Å². The number of nitrogens with zero attached hydrogens (tertiary/aromatic N) is 1. The van der Waals surface area contributed by atoms with Crippen LogP contribution >= 0.6 is 15.9 Å². The molecule has 2 heteroatoms. The molecule has 0 aliphatic carbocycles. The van der Waals surface area contributed by atoms with Crippen molar-refractivity contribution < 1.29 is 0 Å². The Labute approximate surface area is 88.2 Å². The normalized spacial score (nSPS) is 10.7. The highest BCUT2D eigenvalue weighted by atomic mass is 79.9. The van der Waals surface area contributed by atoms with Gasteiger partial charge in [-0.25, -0.2) is 0 Å². The molecule has 0 bridgehead atoms. The van der Waals surface area contributed by atoms with E-state index in [2.05, 4.69) is 52.3 Å². The maximum Gasteiger partial charge on any atom is 0.0421 e. The molecule has 0 spiro atoms. The monoisotopic (exact) mass is 239 g/mol. The van der Waals surface area contributed by atoms with Crippen LogP contribution in [0.25, 0.3) is 0 Å². The highest BCUT2D eigenvalue weighted by molar-refractivity contribution is 9.10. The fourth-order valence-corrected chi connectivity index (χ4v) is 1.68. The quantitative estimate of drug-likeness (QED) is 0.782. The van der Waals surface area contributed by atoms with Crippen molar-refractivity contribution in [3.63, 3.8) is 0 Å².